The van der Waals surface area contributed by atoms with Crippen LogP contribution in [-0.4, -0.2) is 40.9 Å². The molecule has 0 fully saturated rings. The van der Waals surface area contributed by atoms with Gasteiger partial charge in [0, 0.05) is 4.90 Å². The number of benzene rings is 1. The quantitative estimate of drug-likeness (QED) is 0.489. The van der Waals surface area contributed by atoms with Gasteiger partial charge in [0.05, 0.1) is 13.2 Å². The molecule has 18 heavy (non-hydrogen) atoms. The molecule has 1 atom stereocenters. The van der Waals surface area contributed by atoms with Gasteiger partial charge in [0.25, 0.3) is 0 Å². The predicted molar refractivity (Wildman–Crippen MR) is 69.6 cm³/mol. The van der Waals surface area contributed by atoms with Crippen LogP contribution in [0.25, 0.3) is 0 Å². The average Bonchev–Trinajstić information content (AvgIpc) is 2.37. The second kappa shape index (κ2) is 6.51. The van der Waals surface area contributed by atoms with E-state index < -0.39 is 12.1 Å². The van der Waals surface area contributed by atoms with Gasteiger partial charge < -0.3 is 9.84 Å². The number of carboxylic acid groups (broad SMARTS) is 1. The van der Waals surface area contributed by atoms with E-state index in [4.69, 9.17) is 9.84 Å². The zero-order chi connectivity index (χ0) is 13.7. The van der Waals surface area contributed by atoms with Gasteiger partial charge in [-0.25, -0.2) is 4.79 Å². The average molecular weight is 271 g/mol. The maximum Gasteiger partial charge on any atom is 0.431 e. The Labute approximate surface area is 110 Å². The van der Waals surface area contributed by atoms with Crippen molar-refractivity contribution >= 4 is 17.9 Å². The van der Waals surface area contributed by atoms with Crippen LogP contribution in [-0.2, 0) is 6.42 Å². The molecule has 1 unspecified atom stereocenters. The van der Waals surface area contributed by atoms with Crippen molar-refractivity contribution in [3.05, 3.63) is 23.8 Å². The van der Waals surface area contributed by atoms with Gasteiger partial charge in [-0.1, -0.05) is 6.07 Å². The number of rotatable bonds is 5. The molecular formula is C12H17NO4S. The highest BCUT2D eigenvalue weighted by Gasteiger charge is 2.17. The maximum atomic E-state index is 10.6. The second-order valence-corrected chi connectivity index (χ2v) is 4.72. The summed E-state index contributed by atoms with van der Waals surface area (Å²) in [6.07, 6.45) is 1.03. The Morgan fingerprint density at radius 3 is 2.72 bits per heavy atom. The Morgan fingerprint density at radius 1 is 1.56 bits per heavy atom. The molecule has 1 rings (SSSR count). The summed E-state index contributed by atoms with van der Waals surface area (Å²) in [7, 11) is 1.60. The molecule has 0 aliphatic carbocycles. The molecule has 0 aromatic heterocycles. The Hall–Kier alpha value is -1.40. The number of ether oxygens (including phenoxy) is 1. The molecule has 0 radical (unpaired) electrons. The molecule has 1 aromatic carbocycles. The van der Waals surface area contributed by atoms with Gasteiger partial charge in [-0.15, -0.1) is 11.8 Å². The van der Waals surface area contributed by atoms with Gasteiger partial charge >= 0.3 is 6.09 Å². The monoisotopic (exact) mass is 271 g/mol. The summed E-state index contributed by atoms with van der Waals surface area (Å²) < 4.78 is 5.25. The molecule has 1 amide bonds. The van der Waals surface area contributed by atoms with Crippen molar-refractivity contribution in [2.75, 3.05) is 13.4 Å². The van der Waals surface area contributed by atoms with Crippen molar-refractivity contribution < 1.29 is 19.8 Å². The number of nitrogens with zero attached hydrogens (tertiary/aromatic N) is 1. The third kappa shape index (κ3) is 3.54. The first-order valence-electron chi connectivity index (χ1n) is 5.41. The van der Waals surface area contributed by atoms with Crippen molar-refractivity contribution in [2.45, 2.75) is 24.3 Å². The van der Waals surface area contributed by atoms with Gasteiger partial charge in [-0.2, -0.15) is 5.06 Å². The molecule has 0 bridgehead atoms. The molecule has 0 saturated carbocycles. The van der Waals surface area contributed by atoms with Crippen LogP contribution in [0.2, 0.25) is 0 Å². The minimum Gasteiger partial charge on any atom is -0.496 e. The summed E-state index contributed by atoms with van der Waals surface area (Å²) in [4.78, 5) is 11.6. The van der Waals surface area contributed by atoms with E-state index in [1.807, 2.05) is 24.5 Å². The van der Waals surface area contributed by atoms with Crippen LogP contribution in [0.3, 0.4) is 0 Å². The molecule has 2 N–H and O–H groups in total. The highest BCUT2D eigenvalue weighted by atomic mass is 32.2. The van der Waals surface area contributed by atoms with E-state index in [9.17, 15) is 10.0 Å². The first-order chi connectivity index (χ1) is 8.49. The largest absolute Gasteiger partial charge is 0.496 e. The number of amides is 1. The number of thioether (sulfide) groups is 1. The van der Waals surface area contributed by atoms with E-state index in [1.54, 1.807) is 25.8 Å². The van der Waals surface area contributed by atoms with Crippen LogP contribution in [0.5, 0.6) is 5.75 Å². The Balaban J connectivity index is 2.82. The van der Waals surface area contributed by atoms with Crippen LogP contribution in [0, 0.1) is 0 Å². The summed E-state index contributed by atoms with van der Waals surface area (Å²) in [6, 6.07) is 5.18. The Bertz CT molecular complexity index is 425. The van der Waals surface area contributed by atoms with E-state index >= 15 is 0 Å². The number of carbonyl (C=O) groups is 1. The summed E-state index contributed by atoms with van der Waals surface area (Å²) >= 11 is 1.58. The van der Waals surface area contributed by atoms with Crippen molar-refractivity contribution in [2.24, 2.45) is 0 Å². The molecule has 0 heterocycles. The van der Waals surface area contributed by atoms with Gasteiger partial charge in [0.2, 0.25) is 0 Å². The molecule has 0 spiro atoms. The number of hydroxylamine groups is 2. The summed E-state index contributed by atoms with van der Waals surface area (Å²) in [5.41, 5.74) is 0.914. The van der Waals surface area contributed by atoms with Crippen LogP contribution < -0.4 is 4.74 Å². The second-order valence-electron chi connectivity index (χ2n) is 3.87. The first-order valence-corrected chi connectivity index (χ1v) is 6.64. The number of methoxy groups -OCH3 is 1. The predicted octanol–water partition coefficient (Wildman–Crippen LogP) is 2.72. The van der Waals surface area contributed by atoms with Gasteiger partial charge in [-0.3, -0.25) is 5.21 Å². The van der Waals surface area contributed by atoms with Crippen LogP contribution >= 0.6 is 11.8 Å². The maximum absolute atomic E-state index is 10.6. The molecule has 0 saturated heterocycles. The molecule has 100 valence electrons. The number of hydrogen-bond donors (Lipinski definition) is 2. The van der Waals surface area contributed by atoms with E-state index in [0.717, 1.165) is 16.2 Å². The first kappa shape index (κ1) is 14.7. The highest BCUT2D eigenvalue weighted by molar-refractivity contribution is 7.98. The Morgan fingerprint density at radius 2 is 2.22 bits per heavy atom. The minimum atomic E-state index is -1.35. The number of hydrogen-bond acceptors (Lipinski definition) is 4. The molecular weight excluding hydrogens is 254 g/mol. The third-order valence-electron chi connectivity index (χ3n) is 2.59. The van der Waals surface area contributed by atoms with Crippen LogP contribution in [0.15, 0.2) is 23.1 Å². The fourth-order valence-corrected chi connectivity index (χ4v) is 2.17. The zero-order valence-electron chi connectivity index (χ0n) is 10.6. The standard InChI is InChI=1S/C12H17NO4S/c1-8(13(16)12(14)15)6-9-4-5-11(18-3)10(7-9)17-2/h4-5,7-8,16H,6H2,1-3H3,(H,14,15). The minimum absolute atomic E-state index is 0.314. The van der Waals surface area contributed by atoms with Crippen LogP contribution in [0.1, 0.15) is 12.5 Å². The van der Waals surface area contributed by atoms with Crippen molar-refractivity contribution in [1.82, 2.24) is 5.06 Å². The summed E-state index contributed by atoms with van der Waals surface area (Å²) in [5.74, 6) is 0.756. The lowest BCUT2D eigenvalue weighted by Crippen LogP contribution is -2.35. The fraction of sp³-hybridized carbons (Fsp3) is 0.417. The lowest BCUT2D eigenvalue weighted by molar-refractivity contribution is -0.0910. The summed E-state index contributed by atoms with van der Waals surface area (Å²) in [6.45, 7) is 1.64. The lowest BCUT2D eigenvalue weighted by atomic mass is 10.1. The topological polar surface area (TPSA) is 70.0 Å². The van der Waals surface area contributed by atoms with E-state index in [2.05, 4.69) is 0 Å². The van der Waals surface area contributed by atoms with Crippen LogP contribution in [0.4, 0.5) is 4.79 Å². The highest BCUT2D eigenvalue weighted by Crippen LogP contribution is 2.28. The van der Waals surface area contributed by atoms with E-state index in [0.29, 0.717) is 11.5 Å². The Kier molecular flexibility index (Phi) is 5.30. The SMILES string of the molecule is COc1cc(CC(C)N(O)C(=O)O)ccc1SC. The van der Waals surface area contributed by atoms with Crippen molar-refractivity contribution in [3.63, 3.8) is 0 Å². The van der Waals surface area contributed by atoms with Gasteiger partial charge in [0.15, 0.2) is 0 Å². The smallest absolute Gasteiger partial charge is 0.431 e. The fourth-order valence-electron chi connectivity index (χ4n) is 1.62. The lowest BCUT2D eigenvalue weighted by Gasteiger charge is -2.19. The molecule has 0 aliphatic heterocycles. The van der Waals surface area contributed by atoms with Gasteiger partial charge in [-0.05, 0) is 37.3 Å². The summed E-state index contributed by atoms with van der Waals surface area (Å²) in [5, 5.41) is 18.3. The van der Waals surface area contributed by atoms with E-state index in [1.165, 1.54) is 0 Å². The van der Waals surface area contributed by atoms with Crippen molar-refractivity contribution in [1.29, 1.82) is 0 Å². The molecule has 1 aromatic rings. The third-order valence-corrected chi connectivity index (χ3v) is 3.37. The van der Waals surface area contributed by atoms with E-state index in [-0.39, 0.29) is 0 Å². The van der Waals surface area contributed by atoms with Gasteiger partial charge in [0.1, 0.15) is 5.75 Å². The molecule has 5 nitrogen and oxygen atoms in total. The molecule has 0 aliphatic rings. The normalized spacial score (nSPS) is 12.0. The molecule has 6 heteroatoms. The zero-order valence-corrected chi connectivity index (χ0v) is 11.4. The van der Waals surface area contributed by atoms with Crippen molar-refractivity contribution in [3.8, 4) is 5.75 Å².